The number of likely N-dealkylation sites (tertiary alicyclic amines) is 1. The van der Waals surface area contributed by atoms with Crippen molar-refractivity contribution in [1.29, 1.82) is 0 Å². The van der Waals surface area contributed by atoms with Gasteiger partial charge in [-0.2, -0.15) is 0 Å². The summed E-state index contributed by atoms with van der Waals surface area (Å²) in [5.74, 6) is -0.247. The molecule has 1 saturated heterocycles. The lowest BCUT2D eigenvalue weighted by Crippen LogP contribution is -2.49. The molecule has 0 bridgehead atoms. The fourth-order valence-electron chi connectivity index (χ4n) is 2.52. The molecule has 1 aliphatic rings. The van der Waals surface area contributed by atoms with E-state index in [1.54, 1.807) is 18.3 Å². The van der Waals surface area contributed by atoms with Crippen molar-refractivity contribution in [3.8, 4) is 0 Å². The maximum atomic E-state index is 12.0. The molecule has 1 aromatic rings. The Bertz CT molecular complexity index is 461. The van der Waals surface area contributed by atoms with Gasteiger partial charge in [0.2, 0.25) is 5.91 Å². The molecule has 1 amide bonds. The molecule has 5 nitrogen and oxygen atoms in total. The lowest BCUT2D eigenvalue weighted by atomic mass is 10.0. The average Bonchev–Trinajstić information content (AvgIpc) is 2.99. The van der Waals surface area contributed by atoms with Crippen molar-refractivity contribution in [3.63, 3.8) is 0 Å². The van der Waals surface area contributed by atoms with Crippen molar-refractivity contribution in [3.05, 3.63) is 22.4 Å². The van der Waals surface area contributed by atoms with E-state index in [4.69, 9.17) is 4.74 Å². The van der Waals surface area contributed by atoms with Crippen molar-refractivity contribution in [2.24, 2.45) is 0 Å². The fraction of sp³-hybridized carbons (Fsp3) is 0.600. The number of nitrogens with zero attached hydrogens (tertiary/aromatic N) is 1. The van der Waals surface area contributed by atoms with Crippen molar-refractivity contribution in [1.82, 2.24) is 10.2 Å². The summed E-state index contributed by atoms with van der Waals surface area (Å²) >= 11 is 1.62. The maximum absolute atomic E-state index is 12.0. The van der Waals surface area contributed by atoms with Crippen LogP contribution < -0.4 is 5.32 Å². The molecule has 116 valence electrons. The minimum atomic E-state index is -0.272. The number of hydrogen-bond donors (Lipinski definition) is 1. The highest BCUT2D eigenvalue weighted by molar-refractivity contribution is 7.09. The Morgan fingerprint density at radius 1 is 1.48 bits per heavy atom. The van der Waals surface area contributed by atoms with Crippen LogP contribution in [0.25, 0.3) is 0 Å². The van der Waals surface area contributed by atoms with Gasteiger partial charge < -0.3 is 10.1 Å². The van der Waals surface area contributed by atoms with Crippen LogP contribution in [0.4, 0.5) is 0 Å². The lowest BCUT2D eigenvalue weighted by Gasteiger charge is -2.33. The number of nitrogens with one attached hydrogen (secondary N) is 1. The van der Waals surface area contributed by atoms with E-state index < -0.39 is 0 Å². The molecule has 0 radical (unpaired) electrons. The minimum absolute atomic E-state index is 0.0420. The van der Waals surface area contributed by atoms with E-state index in [0.29, 0.717) is 13.2 Å². The van der Waals surface area contributed by atoms with Crippen LogP contribution in [-0.2, 0) is 20.9 Å². The molecule has 1 unspecified atom stereocenters. The molecule has 0 aromatic carbocycles. The van der Waals surface area contributed by atoms with Crippen LogP contribution in [0.3, 0.4) is 0 Å². The predicted octanol–water partition coefficient (Wildman–Crippen LogP) is 1.78. The van der Waals surface area contributed by atoms with E-state index in [1.165, 1.54) is 0 Å². The van der Waals surface area contributed by atoms with E-state index in [2.05, 4.69) is 5.32 Å². The van der Waals surface area contributed by atoms with Gasteiger partial charge in [-0.3, -0.25) is 14.5 Å². The molecule has 1 atom stereocenters. The molecule has 2 heterocycles. The normalized spacial score (nSPS) is 19.2. The second kappa shape index (κ2) is 8.14. The fourth-order valence-corrected chi connectivity index (χ4v) is 3.17. The summed E-state index contributed by atoms with van der Waals surface area (Å²) in [6.07, 6.45) is 2.81. The predicted molar refractivity (Wildman–Crippen MR) is 82.0 cm³/mol. The van der Waals surface area contributed by atoms with Crippen LogP contribution in [0, 0.1) is 0 Å². The second-order valence-corrected chi connectivity index (χ2v) is 6.12. The highest BCUT2D eigenvalue weighted by Gasteiger charge is 2.30. The molecule has 1 aliphatic heterocycles. The van der Waals surface area contributed by atoms with Crippen LogP contribution in [0.1, 0.15) is 31.1 Å². The van der Waals surface area contributed by atoms with Crippen LogP contribution in [0.5, 0.6) is 0 Å². The first-order valence-corrected chi connectivity index (χ1v) is 8.28. The minimum Gasteiger partial charge on any atom is -0.465 e. The molecule has 0 spiro atoms. The summed E-state index contributed by atoms with van der Waals surface area (Å²) in [5, 5.41) is 4.89. The molecule has 1 fully saturated rings. The Hall–Kier alpha value is -1.40. The van der Waals surface area contributed by atoms with Crippen molar-refractivity contribution >= 4 is 23.2 Å². The number of rotatable bonds is 6. The number of amides is 1. The Labute approximate surface area is 129 Å². The maximum Gasteiger partial charge on any atom is 0.323 e. The average molecular weight is 310 g/mol. The van der Waals surface area contributed by atoms with Crippen molar-refractivity contribution in [2.45, 2.75) is 38.8 Å². The van der Waals surface area contributed by atoms with E-state index in [-0.39, 0.29) is 24.5 Å². The van der Waals surface area contributed by atoms with Crippen LogP contribution in [0.15, 0.2) is 17.5 Å². The van der Waals surface area contributed by atoms with Gasteiger partial charge in [0.05, 0.1) is 19.7 Å². The number of piperidine rings is 1. The SMILES string of the molecule is CCOC(=O)C1CCCCN1CC(=O)NCc1cccs1. The third kappa shape index (κ3) is 4.82. The van der Waals surface area contributed by atoms with Gasteiger partial charge in [-0.25, -0.2) is 0 Å². The molecule has 0 saturated carbocycles. The van der Waals surface area contributed by atoms with Crippen molar-refractivity contribution in [2.75, 3.05) is 19.7 Å². The molecule has 1 N–H and O–H groups in total. The standard InChI is InChI=1S/C15H22N2O3S/c1-2-20-15(19)13-7-3-4-8-17(13)11-14(18)16-10-12-6-5-9-21-12/h5-6,9,13H,2-4,7-8,10-11H2,1H3,(H,16,18). The molecule has 1 aromatic heterocycles. The first kappa shape index (κ1) is 16.0. The highest BCUT2D eigenvalue weighted by Crippen LogP contribution is 2.18. The number of carbonyl (C=O) groups excluding carboxylic acids is 2. The van der Waals surface area contributed by atoms with E-state index in [9.17, 15) is 9.59 Å². The first-order valence-electron chi connectivity index (χ1n) is 7.40. The summed E-state index contributed by atoms with van der Waals surface area (Å²) < 4.78 is 5.10. The molecular formula is C15H22N2O3S. The summed E-state index contributed by atoms with van der Waals surface area (Å²) in [6.45, 7) is 3.77. The number of thiophene rings is 1. The van der Waals surface area contributed by atoms with Gasteiger partial charge >= 0.3 is 5.97 Å². The largest absolute Gasteiger partial charge is 0.465 e. The number of carbonyl (C=O) groups is 2. The van der Waals surface area contributed by atoms with Crippen LogP contribution in [-0.4, -0.2) is 42.5 Å². The van der Waals surface area contributed by atoms with E-state index in [1.807, 2.05) is 22.4 Å². The van der Waals surface area contributed by atoms with Gasteiger partial charge in [0.15, 0.2) is 0 Å². The summed E-state index contributed by atoms with van der Waals surface area (Å²) in [7, 11) is 0. The van der Waals surface area contributed by atoms with Gasteiger partial charge in [-0.15, -0.1) is 11.3 Å². The zero-order valence-corrected chi connectivity index (χ0v) is 13.2. The Morgan fingerprint density at radius 3 is 3.05 bits per heavy atom. The topological polar surface area (TPSA) is 58.6 Å². The molecule has 6 heteroatoms. The Kier molecular flexibility index (Phi) is 6.20. The molecular weight excluding hydrogens is 288 g/mol. The Balaban J connectivity index is 1.83. The zero-order valence-electron chi connectivity index (χ0n) is 12.3. The number of esters is 1. The van der Waals surface area contributed by atoms with Crippen molar-refractivity contribution < 1.29 is 14.3 Å². The number of ether oxygens (including phenoxy) is 1. The molecule has 21 heavy (non-hydrogen) atoms. The van der Waals surface area contributed by atoms with Gasteiger partial charge in [0.25, 0.3) is 0 Å². The molecule has 0 aliphatic carbocycles. The first-order chi connectivity index (χ1) is 10.2. The van der Waals surface area contributed by atoms with Gasteiger partial charge in [-0.05, 0) is 37.8 Å². The lowest BCUT2D eigenvalue weighted by molar-refractivity contribution is -0.151. The zero-order chi connectivity index (χ0) is 15.1. The van der Waals surface area contributed by atoms with E-state index in [0.717, 1.165) is 30.7 Å². The van der Waals surface area contributed by atoms with Gasteiger partial charge in [0.1, 0.15) is 6.04 Å². The highest BCUT2D eigenvalue weighted by atomic mass is 32.1. The van der Waals surface area contributed by atoms with Crippen LogP contribution >= 0.6 is 11.3 Å². The van der Waals surface area contributed by atoms with Crippen LogP contribution in [0.2, 0.25) is 0 Å². The third-order valence-electron chi connectivity index (χ3n) is 3.56. The smallest absolute Gasteiger partial charge is 0.323 e. The van der Waals surface area contributed by atoms with Gasteiger partial charge in [0, 0.05) is 4.88 Å². The summed E-state index contributed by atoms with van der Waals surface area (Å²) in [6, 6.07) is 3.69. The molecule has 2 rings (SSSR count). The second-order valence-electron chi connectivity index (χ2n) is 5.09. The number of hydrogen-bond acceptors (Lipinski definition) is 5. The Morgan fingerprint density at radius 2 is 2.33 bits per heavy atom. The summed E-state index contributed by atoms with van der Waals surface area (Å²) in [4.78, 5) is 27.0. The monoisotopic (exact) mass is 310 g/mol. The summed E-state index contributed by atoms with van der Waals surface area (Å²) in [5.41, 5.74) is 0. The third-order valence-corrected chi connectivity index (χ3v) is 4.44. The quantitative estimate of drug-likeness (QED) is 0.814. The van der Waals surface area contributed by atoms with E-state index >= 15 is 0 Å². The van der Waals surface area contributed by atoms with Gasteiger partial charge in [-0.1, -0.05) is 12.5 Å².